The molecule has 0 bridgehead atoms. The van der Waals surface area contributed by atoms with Crippen LogP contribution in [0.25, 0.3) is 0 Å². The average molecular weight is 208 g/mol. The summed E-state index contributed by atoms with van der Waals surface area (Å²) >= 11 is 0. The fraction of sp³-hybridized carbons (Fsp3) is 0.200. The molecule has 3 nitrogen and oxygen atoms in total. The molecule has 1 atom stereocenters. The van der Waals surface area contributed by atoms with E-state index < -0.39 is 10.7 Å². The van der Waals surface area contributed by atoms with E-state index in [-0.39, 0.29) is 5.91 Å². The van der Waals surface area contributed by atoms with Gasteiger partial charge < -0.3 is 5.73 Å². The summed E-state index contributed by atoms with van der Waals surface area (Å²) in [6.07, 6.45) is 0.937. The van der Waals surface area contributed by atoms with Gasteiger partial charge in [0.15, 0.2) is 0 Å². The Morgan fingerprint density at radius 2 is 2.07 bits per heavy atom. The summed E-state index contributed by atoms with van der Waals surface area (Å²) in [6, 6.07) is 7.82. The Kier molecular flexibility index (Phi) is 2.39. The van der Waals surface area contributed by atoms with Gasteiger partial charge in [-0.25, -0.2) is 0 Å². The topological polar surface area (TPSA) is 69.1 Å². The van der Waals surface area contributed by atoms with E-state index in [1.165, 1.54) is 5.56 Å². The fourth-order valence-electron chi connectivity index (χ4n) is 1.68. The third-order valence-electron chi connectivity index (χ3n) is 2.34. The van der Waals surface area contributed by atoms with Gasteiger partial charge in [-0.05, 0) is 17.5 Å². The standard InChI is InChI=1S/C10H12N2OS/c11-10(13)9-8-4-2-1-3-7(8)5-6-14(9)12/h1-4H,5-6,12H2,(H2,11,13). The molecule has 2 rings (SSSR count). The largest absolute Gasteiger partial charge is 0.365 e. The first-order valence-corrected chi connectivity index (χ1v) is 5.86. The summed E-state index contributed by atoms with van der Waals surface area (Å²) in [5.74, 6) is 0.443. The third kappa shape index (κ3) is 1.47. The Bertz CT molecular complexity index is 426. The quantitative estimate of drug-likeness (QED) is 0.655. The van der Waals surface area contributed by atoms with Crippen LogP contribution < -0.4 is 10.9 Å². The zero-order chi connectivity index (χ0) is 10.1. The second kappa shape index (κ2) is 3.55. The number of fused-ring (bicyclic) bond motifs is 1. The first kappa shape index (κ1) is 9.43. The van der Waals surface area contributed by atoms with Crippen LogP contribution in [0.3, 0.4) is 0 Å². The van der Waals surface area contributed by atoms with Gasteiger partial charge in [0.2, 0.25) is 0 Å². The van der Waals surface area contributed by atoms with Crippen molar-refractivity contribution in [3.8, 4) is 0 Å². The molecular formula is C10H12N2OS. The molecule has 0 spiro atoms. The second-order valence-electron chi connectivity index (χ2n) is 3.23. The number of rotatable bonds is 1. The van der Waals surface area contributed by atoms with Crippen molar-refractivity contribution in [2.24, 2.45) is 10.9 Å². The number of hydrogen-bond donors (Lipinski definition) is 2. The van der Waals surface area contributed by atoms with E-state index in [0.29, 0.717) is 4.86 Å². The number of aryl methyl sites for hydroxylation is 1. The predicted molar refractivity (Wildman–Crippen MR) is 60.1 cm³/mol. The van der Waals surface area contributed by atoms with Crippen LogP contribution in [0.1, 0.15) is 11.1 Å². The lowest BCUT2D eigenvalue weighted by Gasteiger charge is -2.19. The van der Waals surface area contributed by atoms with Gasteiger partial charge in [-0.2, -0.15) is 0 Å². The molecule has 1 aromatic rings. The number of benzene rings is 1. The lowest BCUT2D eigenvalue weighted by molar-refractivity contribution is -0.111. The van der Waals surface area contributed by atoms with Gasteiger partial charge in [0, 0.05) is 5.75 Å². The Labute approximate surface area is 85.2 Å². The van der Waals surface area contributed by atoms with Crippen LogP contribution >= 0.6 is 10.7 Å². The summed E-state index contributed by atoms with van der Waals surface area (Å²) < 4.78 is 0. The van der Waals surface area contributed by atoms with Crippen molar-refractivity contribution in [1.82, 2.24) is 0 Å². The summed E-state index contributed by atoms with van der Waals surface area (Å²) in [4.78, 5) is 11.8. The first-order valence-electron chi connectivity index (χ1n) is 4.40. The zero-order valence-corrected chi connectivity index (χ0v) is 8.51. The molecule has 4 heteroatoms. The molecule has 0 radical (unpaired) electrons. The monoisotopic (exact) mass is 208 g/mol. The molecule has 0 saturated heterocycles. The number of hydrogen-bond acceptors (Lipinski definition) is 2. The Hall–Kier alpha value is -1.13. The van der Waals surface area contributed by atoms with Crippen LogP contribution in [-0.2, 0) is 11.2 Å². The van der Waals surface area contributed by atoms with Crippen LogP contribution in [0, 0.1) is 0 Å². The predicted octanol–water partition coefficient (Wildman–Crippen LogP) is 0.391. The van der Waals surface area contributed by atoms with E-state index in [4.69, 9.17) is 10.9 Å². The molecule has 1 amide bonds. The lowest BCUT2D eigenvalue weighted by atomic mass is 10.0. The van der Waals surface area contributed by atoms with Crippen molar-refractivity contribution >= 4 is 21.4 Å². The molecular weight excluding hydrogens is 196 g/mol. The Morgan fingerprint density at radius 3 is 2.79 bits per heavy atom. The molecule has 4 N–H and O–H groups in total. The Morgan fingerprint density at radius 1 is 1.36 bits per heavy atom. The third-order valence-corrected chi connectivity index (χ3v) is 3.93. The highest BCUT2D eigenvalue weighted by molar-refractivity contribution is 8.15. The van der Waals surface area contributed by atoms with Gasteiger partial charge in [-0.1, -0.05) is 24.3 Å². The number of amides is 1. The minimum Gasteiger partial charge on any atom is -0.365 e. The summed E-state index contributed by atoms with van der Waals surface area (Å²) in [7, 11) is -0.477. The minimum absolute atomic E-state index is 0.386. The lowest BCUT2D eigenvalue weighted by Crippen LogP contribution is -2.29. The van der Waals surface area contributed by atoms with E-state index >= 15 is 0 Å². The van der Waals surface area contributed by atoms with Crippen LogP contribution in [0.15, 0.2) is 24.3 Å². The van der Waals surface area contributed by atoms with Crippen molar-refractivity contribution in [3.63, 3.8) is 0 Å². The maximum absolute atomic E-state index is 11.2. The molecule has 1 aromatic carbocycles. The van der Waals surface area contributed by atoms with Crippen LogP contribution in [0.4, 0.5) is 0 Å². The maximum atomic E-state index is 11.2. The molecule has 0 aliphatic carbocycles. The molecule has 1 unspecified atom stereocenters. The van der Waals surface area contributed by atoms with Crippen molar-refractivity contribution in [1.29, 1.82) is 0 Å². The molecule has 1 aliphatic rings. The highest BCUT2D eigenvalue weighted by Gasteiger charge is 2.19. The first-order chi connectivity index (χ1) is 6.70. The normalized spacial score (nSPS) is 20.4. The van der Waals surface area contributed by atoms with E-state index in [1.807, 2.05) is 24.3 Å². The molecule has 1 heterocycles. The number of carbonyl (C=O) groups excluding carboxylic acids is 1. The number of carbonyl (C=O) groups is 1. The van der Waals surface area contributed by atoms with Gasteiger partial charge in [0.1, 0.15) is 0 Å². The van der Waals surface area contributed by atoms with E-state index in [2.05, 4.69) is 0 Å². The highest BCUT2D eigenvalue weighted by atomic mass is 32.2. The molecule has 0 saturated carbocycles. The van der Waals surface area contributed by atoms with Gasteiger partial charge in [-0.3, -0.25) is 9.93 Å². The van der Waals surface area contributed by atoms with Crippen molar-refractivity contribution in [2.75, 3.05) is 5.75 Å². The van der Waals surface area contributed by atoms with Crippen LogP contribution in [0.2, 0.25) is 0 Å². The van der Waals surface area contributed by atoms with Crippen molar-refractivity contribution in [2.45, 2.75) is 6.42 Å². The smallest absolute Gasteiger partial charge is 0.256 e. The minimum atomic E-state index is -0.477. The SMILES string of the molecule is NC(=O)C1=S(N)CCc2ccccc21. The summed E-state index contributed by atoms with van der Waals surface area (Å²) in [5.41, 5.74) is 7.44. The van der Waals surface area contributed by atoms with Crippen molar-refractivity contribution in [3.05, 3.63) is 35.4 Å². The van der Waals surface area contributed by atoms with E-state index in [0.717, 1.165) is 17.7 Å². The zero-order valence-electron chi connectivity index (χ0n) is 7.69. The number of nitrogens with two attached hydrogens (primary N) is 2. The van der Waals surface area contributed by atoms with Crippen LogP contribution in [-0.4, -0.2) is 16.5 Å². The molecule has 1 aliphatic heterocycles. The molecule has 0 fully saturated rings. The maximum Gasteiger partial charge on any atom is 0.256 e. The average Bonchev–Trinajstić information content (AvgIpc) is 2.17. The Balaban J connectivity index is 2.62. The van der Waals surface area contributed by atoms with Gasteiger partial charge >= 0.3 is 0 Å². The van der Waals surface area contributed by atoms with Gasteiger partial charge in [-0.15, -0.1) is 10.7 Å². The second-order valence-corrected chi connectivity index (χ2v) is 4.91. The summed E-state index contributed by atoms with van der Waals surface area (Å²) in [5, 5.41) is 5.88. The van der Waals surface area contributed by atoms with Crippen molar-refractivity contribution < 1.29 is 4.79 Å². The van der Waals surface area contributed by atoms with E-state index in [9.17, 15) is 4.79 Å². The number of primary amides is 1. The molecule has 14 heavy (non-hydrogen) atoms. The van der Waals surface area contributed by atoms with Crippen LogP contribution in [0.5, 0.6) is 0 Å². The highest BCUT2D eigenvalue weighted by Crippen LogP contribution is 2.23. The fourth-order valence-corrected chi connectivity index (χ4v) is 3.07. The summed E-state index contributed by atoms with van der Waals surface area (Å²) in [6.45, 7) is 0. The molecule has 74 valence electrons. The van der Waals surface area contributed by atoms with Gasteiger partial charge in [0.05, 0.1) is 4.86 Å². The van der Waals surface area contributed by atoms with E-state index in [1.54, 1.807) is 0 Å². The van der Waals surface area contributed by atoms with Gasteiger partial charge in [0.25, 0.3) is 5.91 Å². The molecule has 0 aromatic heterocycles.